The molecular formula is C15H30N2O. The van der Waals surface area contributed by atoms with E-state index in [9.17, 15) is 4.79 Å². The molecule has 1 rings (SSSR count). The number of nitrogens with one attached hydrogen (secondary N) is 1. The minimum Gasteiger partial charge on any atom is -0.355 e. The zero-order chi connectivity index (χ0) is 13.6. The second-order valence-corrected chi connectivity index (χ2v) is 6.34. The van der Waals surface area contributed by atoms with Gasteiger partial charge in [0.05, 0.1) is 5.54 Å². The summed E-state index contributed by atoms with van der Waals surface area (Å²) in [6.07, 6.45) is 8.16. The number of rotatable bonds is 6. The van der Waals surface area contributed by atoms with E-state index >= 15 is 0 Å². The molecule has 0 aromatic heterocycles. The summed E-state index contributed by atoms with van der Waals surface area (Å²) in [5.41, 5.74) is 5.30. The lowest BCUT2D eigenvalue weighted by atomic mass is 9.81. The van der Waals surface area contributed by atoms with Gasteiger partial charge in [-0.05, 0) is 31.6 Å². The van der Waals surface area contributed by atoms with Crippen molar-refractivity contribution in [2.75, 3.05) is 6.54 Å². The van der Waals surface area contributed by atoms with Crippen molar-refractivity contribution in [2.24, 2.45) is 17.6 Å². The highest BCUT2D eigenvalue weighted by Crippen LogP contribution is 2.29. The number of carbonyl (C=O) groups is 1. The molecule has 0 radical (unpaired) electrons. The van der Waals surface area contributed by atoms with Crippen molar-refractivity contribution < 1.29 is 4.79 Å². The van der Waals surface area contributed by atoms with E-state index in [-0.39, 0.29) is 5.91 Å². The van der Waals surface area contributed by atoms with Crippen LogP contribution in [0.3, 0.4) is 0 Å². The molecule has 0 spiro atoms. The lowest BCUT2D eigenvalue weighted by molar-refractivity contribution is -0.126. The zero-order valence-electron chi connectivity index (χ0n) is 12.3. The Balaban J connectivity index is 2.19. The third-order valence-corrected chi connectivity index (χ3v) is 4.26. The molecule has 1 aliphatic carbocycles. The number of carbonyl (C=O) groups excluding carboxylic acids is 1. The Bertz CT molecular complexity index is 255. The summed E-state index contributed by atoms with van der Waals surface area (Å²) in [6.45, 7) is 7.01. The highest BCUT2D eigenvalue weighted by atomic mass is 16.2. The highest BCUT2D eigenvalue weighted by molar-refractivity contribution is 5.85. The molecule has 1 aliphatic rings. The molecule has 0 aliphatic heterocycles. The molecule has 0 heterocycles. The SMILES string of the molecule is CCCC(C)(N)C(=O)NCCC1CCC(C)CC1. The maximum absolute atomic E-state index is 11.9. The van der Waals surface area contributed by atoms with Gasteiger partial charge in [0.2, 0.25) is 5.91 Å². The van der Waals surface area contributed by atoms with Gasteiger partial charge in [-0.1, -0.05) is 46.0 Å². The van der Waals surface area contributed by atoms with E-state index in [0.717, 1.165) is 37.6 Å². The van der Waals surface area contributed by atoms with Crippen LogP contribution < -0.4 is 11.1 Å². The van der Waals surface area contributed by atoms with Gasteiger partial charge in [-0.25, -0.2) is 0 Å². The lowest BCUT2D eigenvalue weighted by Crippen LogP contribution is -2.51. The fourth-order valence-electron chi connectivity index (χ4n) is 2.84. The molecule has 0 aromatic rings. The summed E-state index contributed by atoms with van der Waals surface area (Å²) in [6, 6.07) is 0. The highest BCUT2D eigenvalue weighted by Gasteiger charge is 2.27. The summed E-state index contributed by atoms with van der Waals surface area (Å²) in [7, 11) is 0. The zero-order valence-corrected chi connectivity index (χ0v) is 12.3. The molecule has 0 bridgehead atoms. The maximum atomic E-state index is 11.9. The van der Waals surface area contributed by atoms with Crippen LogP contribution >= 0.6 is 0 Å². The Morgan fingerprint density at radius 1 is 1.33 bits per heavy atom. The van der Waals surface area contributed by atoms with Crippen molar-refractivity contribution in [1.82, 2.24) is 5.32 Å². The molecular weight excluding hydrogens is 224 g/mol. The largest absolute Gasteiger partial charge is 0.355 e. The van der Waals surface area contributed by atoms with Crippen LogP contribution in [0.15, 0.2) is 0 Å². The van der Waals surface area contributed by atoms with Crippen LogP contribution in [0.25, 0.3) is 0 Å². The monoisotopic (exact) mass is 254 g/mol. The first-order valence-corrected chi connectivity index (χ1v) is 7.53. The Labute approximate surface area is 112 Å². The van der Waals surface area contributed by atoms with E-state index < -0.39 is 5.54 Å². The smallest absolute Gasteiger partial charge is 0.239 e. The van der Waals surface area contributed by atoms with E-state index in [1.54, 1.807) is 0 Å². The Morgan fingerprint density at radius 2 is 1.94 bits per heavy atom. The maximum Gasteiger partial charge on any atom is 0.239 e. The van der Waals surface area contributed by atoms with Crippen LogP contribution in [0.4, 0.5) is 0 Å². The third kappa shape index (κ3) is 4.97. The molecule has 3 nitrogen and oxygen atoms in total. The Hall–Kier alpha value is -0.570. The minimum absolute atomic E-state index is 0.00790. The minimum atomic E-state index is -0.699. The molecule has 0 aromatic carbocycles. The van der Waals surface area contributed by atoms with Crippen LogP contribution in [-0.2, 0) is 4.79 Å². The quantitative estimate of drug-likeness (QED) is 0.766. The molecule has 106 valence electrons. The van der Waals surface area contributed by atoms with Crippen molar-refractivity contribution in [3.05, 3.63) is 0 Å². The second kappa shape index (κ2) is 7.13. The molecule has 3 heteroatoms. The summed E-state index contributed by atoms with van der Waals surface area (Å²) < 4.78 is 0. The van der Waals surface area contributed by atoms with E-state index in [1.165, 1.54) is 25.7 Å². The van der Waals surface area contributed by atoms with Gasteiger partial charge in [0.15, 0.2) is 0 Å². The van der Waals surface area contributed by atoms with Crippen LogP contribution in [0.5, 0.6) is 0 Å². The molecule has 1 amide bonds. The van der Waals surface area contributed by atoms with Crippen molar-refractivity contribution in [2.45, 2.75) is 71.3 Å². The third-order valence-electron chi connectivity index (χ3n) is 4.26. The van der Waals surface area contributed by atoms with Gasteiger partial charge in [-0.15, -0.1) is 0 Å². The average molecular weight is 254 g/mol. The topological polar surface area (TPSA) is 55.1 Å². The summed E-state index contributed by atoms with van der Waals surface area (Å²) in [5, 5.41) is 3.00. The predicted molar refractivity (Wildman–Crippen MR) is 76.2 cm³/mol. The van der Waals surface area contributed by atoms with Gasteiger partial charge >= 0.3 is 0 Å². The summed E-state index contributed by atoms with van der Waals surface area (Å²) in [4.78, 5) is 11.9. The molecule has 1 atom stereocenters. The molecule has 3 N–H and O–H groups in total. The Morgan fingerprint density at radius 3 is 2.50 bits per heavy atom. The average Bonchev–Trinajstić information content (AvgIpc) is 2.31. The van der Waals surface area contributed by atoms with Crippen molar-refractivity contribution in [3.8, 4) is 0 Å². The van der Waals surface area contributed by atoms with Gasteiger partial charge in [0.25, 0.3) is 0 Å². The first-order chi connectivity index (χ1) is 8.45. The standard InChI is InChI=1S/C15H30N2O/c1-4-10-15(3,16)14(18)17-11-9-13-7-5-12(2)6-8-13/h12-13H,4-11,16H2,1-3H3,(H,17,18). The number of amides is 1. The van der Waals surface area contributed by atoms with Gasteiger partial charge < -0.3 is 11.1 Å². The molecule has 0 saturated heterocycles. The number of nitrogens with two attached hydrogens (primary N) is 1. The lowest BCUT2D eigenvalue weighted by Gasteiger charge is -2.27. The molecule has 18 heavy (non-hydrogen) atoms. The van der Waals surface area contributed by atoms with E-state index in [4.69, 9.17) is 5.73 Å². The molecule has 1 saturated carbocycles. The van der Waals surface area contributed by atoms with Gasteiger partial charge in [-0.2, -0.15) is 0 Å². The van der Waals surface area contributed by atoms with Crippen LogP contribution in [-0.4, -0.2) is 18.0 Å². The second-order valence-electron chi connectivity index (χ2n) is 6.34. The molecule has 1 unspecified atom stereocenters. The fourth-order valence-corrected chi connectivity index (χ4v) is 2.84. The van der Waals surface area contributed by atoms with Crippen molar-refractivity contribution in [3.63, 3.8) is 0 Å². The van der Waals surface area contributed by atoms with Gasteiger partial charge in [0.1, 0.15) is 0 Å². The van der Waals surface area contributed by atoms with Gasteiger partial charge in [0, 0.05) is 6.54 Å². The summed E-state index contributed by atoms with van der Waals surface area (Å²) in [5.74, 6) is 1.71. The predicted octanol–water partition coefficient (Wildman–Crippen LogP) is 2.84. The first-order valence-electron chi connectivity index (χ1n) is 7.53. The fraction of sp³-hybridized carbons (Fsp3) is 0.933. The van der Waals surface area contributed by atoms with Crippen molar-refractivity contribution in [1.29, 1.82) is 0 Å². The van der Waals surface area contributed by atoms with E-state index in [0.29, 0.717) is 0 Å². The van der Waals surface area contributed by atoms with Crippen LogP contribution in [0.2, 0.25) is 0 Å². The molecule has 1 fully saturated rings. The van der Waals surface area contributed by atoms with Crippen LogP contribution in [0, 0.1) is 11.8 Å². The van der Waals surface area contributed by atoms with E-state index in [2.05, 4.69) is 19.2 Å². The Kier molecular flexibility index (Phi) is 6.13. The first kappa shape index (κ1) is 15.5. The summed E-state index contributed by atoms with van der Waals surface area (Å²) >= 11 is 0. The van der Waals surface area contributed by atoms with Gasteiger partial charge in [-0.3, -0.25) is 4.79 Å². The van der Waals surface area contributed by atoms with Crippen LogP contribution in [0.1, 0.15) is 65.7 Å². The van der Waals surface area contributed by atoms with Crippen molar-refractivity contribution >= 4 is 5.91 Å². The number of hydrogen-bond acceptors (Lipinski definition) is 2. The van der Waals surface area contributed by atoms with E-state index in [1.807, 2.05) is 6.92 Å². The normalized spacial score (nSPS) is 27.6. The number of hydrogen-bond donors (Lipinski definition) is 2.